The molecule has 0 fully saturated rings. The Hall–Kier alpha value is -2.64. The Bertz CT molecular complexity index is 843. The lowest BCUT2D eigenvalue weighted by Gasteiger charge is -2.11. The van der Waals surface area contributed by atoms with Gasteiger partial charge in [-0.15, -0.1) is 0 Å². The number of carbonyl (C=O) groups is 1. The summed E-state index contributed by atoms with van der Waals surface area (Å²) in [7, 11) is 3.89. The molecule has 1 aliphatic heterocycles. The molecule has 3 rings (SSSR count). The molecule has 1 heterocycles. The van der Waals surface area contributed by atoms with Gasteiger partial charge in [0.1, 0.15) is 22.9 Å². The van der Waals surface area contributed by atoms with Crippen molar-refractivity contribution in [1.29, 1.82) is 0 Å². The van der Waals surface area contributed by atoms with E-state index in [-0.39, 0.29) is 23.0 Å². The fourth-order valence-electron chi connectivity index (χ4n) is 2.32. The first-order chi connectivity index (χ1) is 11.4. The van der Waals surface area contributed by atoms with Crippen LogP contribution in [0.4, 0.5) is 5.69 Å². The maximum atomic E-state index is 12.3. The van der Waals surface area contributed by atoms with Crippen molar-refractivity contribution in [1.82, 2.24) is 0 Å². The van der Waals surface area contributed by atoms with Crippen LogP contribution >= 0.6 is 0 Å². The zero-order chi connectivity index (χ0) is 17.3. The summed E-state index contributed by atoms with van der Waals surface area (Å²) in [5.74, 6) is 0.296. The highest BCUT2D eigenvalue weighted by atomic mass is 32.2. The van der Waals surface area contributed by atoms with Crippen LogP contribution < -0.4 is 13.8 Å². The van der Waals surface area contributed by atoms with E-state index >= 15 is 0 Å². The van der Waals surface area contributed by atoms with Crippen molar-refractivity contribution >= 4 is 28.9 Å². The lowest BCUT2D eigenvalue weighted by molar-refractivity contribution is 0.101. The van der Waals surface area contributed by atoms with Gasteiger partial charge in [0.05, 0.1) is 5.56 Å². The van der Waals surface area contributed by atoms with Crippen molar-refractivity contribution in [2.75, 3.05) is 19.0 Å². The molecule has 2 aromatic carbocycles. The van der Waals surface area contributed by atoms with E-state index in [0.29, 0.717) is 5.56 Å². The van der Waals surface area contributed by atoms with E-state index in [0.717, 1.165) is 11.3 Å². The second kappa shape index (κ2) is 6.46. The highest BCUT2D eigenvalue weighted by Gasteiger charge is 2.27. The number of fused-ring (bicyclic) bond motifs is 1. The van der Waals surface area contributed by atoms with Gasteiger partial charge in [-0.05, 0) is 35.9 Å². The maximum absolute atomic E-state index is 12.3. The molecule has 0 aromatic heterocycles. The van der Waals surface area contributed by atoms with E-state index in [4.69, 9.17) is 4.74 Å². The van der Waals surface area contributed by atoms with Crippen LogP contribution in [-0.2, 0) is 11.4 Å². The molecule has 0 saturated carbocycles. The number of anilines is 1. The van der Waals surface area contributed by atoms with E-state index in [1.54, 1.807) is 6.08 Å². The number of hydrogen-bond donors (Lipinski definition) is 0. The number of nitrogens with zero attached hydrogens (tertiary/aromatic N) is 1. The van der Waals surface area contributed by atoms with Gasteiger partial charge < -0.3 is 18.4 Å². The van der Waals surface area contributed by atoms with Crippen LogP contribution in [-0.4, -0.2) is 28.6 Å². The van der Waals surface area contributed by atoms with Crippen molar-refractivity contribution < 1.29 is 22.5 Å². The second-order valence-corrected chi connectivity index (χ2v) is 5.95. The van der Waals surface area contributed by atoms with Crippen molar-refractivity contribution in [3.8, 4) is 11.5 Å². The standard InChI is InChI=1S/C17H15NO5S/c1-18(2)12-5-3-11(4-6-12)9-16-17(19)14-8-7-13(23-24(20)21)10-15(14)22-16/h3-10H,1-2H3,(H,20,21)/p-1/b16-9-. The predicted octanol–water partition coefficient (Wildman–Crippen LogP) is 2.54. The molecule has 24 heavy (non-hydrogen) atoms. The summed E-state index contributed by atoms with van der Waals surface area (Å²) in [4.78, 5) is 14.3. The molecular formula is C17H14NO5S-. The Morgan fingerprint density at radius 1 is 1.17 bits per heavy atom. The van der Waals surface area contributed by atoms with Gasteiger partial charge >= 0.3 is 0 Å². The van der Waals surface area contributed by atoms with Crippen molar-refractivity contribution in [3.05, 3.63) is 59.4 Å². The number of carbonyl (C=O) groups excluding carboxylic acids is 1. The minimum absolute atomic E-state index is 0.0893. The fourth-order valence-corrected chi connectivity index (χ4v) is 2.58. The van der Waals surface area contributed by atoms with Gasteiger partial charge in [-0.25, -0.2) is 4.21 Å². The predicted molar refractivity (Wildman–Crippen MR) is 89.7 cm³/mol. The van der Waals surface area contributed by atoms with Crippen molar-refractivity contribution in [2.45, 2.75) is 0 Å². The van der Waals surface area contributed by atoms with Crippen LogP contribution in [0, 0.1) is 0 Å². The quantitative estimate of drug-likeness (QED) is 0.626. The molecule has 6 nitrogen and oxygen atoms in total. The Kier molecular flexibility index (Phi) is 4.37. The third-order valence-electron chi connectivity index (χ3n) is 3.51. The number of ketones is 1. The highest BCUT2D eigenvalue weighted by Crippen LogP contribution is 2.35. The zero-order valence-corrected chi connectivity index (χ0v) is 13.8. The number of hydrogen-bond acceptors (Lipinski definition) is 6. The minimum Gasteiger partial charge on any atom is -0.740 e. The van der Waals surface area contributed by atoms with E-state index in [9.17, 15) is 13.6 Å². The van der Waals surface area contributed by atoms with E-state index in [1.807, 2.05) is 43.3 Å². The largest absolute Gasteiger partial charge is 0.740 e. The third kappa shape index (κ3) is 3.32. The van der Waals surface area contributed by atoms with Gasteiger partial charge in [0.25, 0.3) is 0 Å². The van der Waals surface area contributed by atoms with Crippen molar-refractivity contribution in [3.63, 3.8) is 0 Å². The monoisotopic (exact) mass is 344 g/mol. The molecule has 0 bridgehead atoms. The Morgan fingerprint density at radius 2 is 1.88 bits per heavy atom. The molecule has 1 aliphatic rings. The maximum Gasteiger partial charge on any atom is 0.231 e. The third-order valence-corrected chi connectivity index (χ3v) is 3.84. The fraction of sp³-hybridized carbons (Fsp3) is 0.118. The molecular weight excluding hydrogens is 330 g/mol. The van der Waals surface area contributed by atoms with Gasteiger partial charge in [-0.2, -0.15) is 0 Å². The average Bonchev–Trinajstić information content (AvgIpc) is 2.83. The molecule has 7 heteroatoms. The summed E-state index contributed by atoms with van der Waals surface area (Å²) in [6.45, 7) is 0. The van der Waals surface area contributed by atoms with Crippen LogP contribution in [0.2, 0.25) is 0 Å². The molecule has 1 unspecified atom stereocenters. The van der Waals surface area contributed by atoms with Crippen LogP contribution in [0.5, 0.6) is 11.5 Å². The lowest BCUT2D eigenvalue weighted by atomic mass is 10.1. The molecule has 0 amide bonds. The second-order valence-electron chi connectivity index (χ2n) is 5.37. The molecule has 0 aliphatic carbocycles. The number of Topliss-reactive ketones (excluding diaryl/α,β-unsaturated/α-hetero) is 1. The molecule has 0 radical (unpaired) electrons. The average molecular weight is 344 g/mol. The first-order valence-electron chi connectivity index (χ1n) is 7.07. The summed E-state index contributed by atoms with van der Waals surface area (Å²) < 4.78 is 31.2. The molecule has 2 aromatic rings. The van der Waals surface area contributed by atoms with Crippen molar-refractivity contribution in [2.24, 2.45) is 0 Å². The lowest BCUT2D eigenvalue weighted by Crippen LogP contribution is -2.08. The van der Waals surface area contributed by atoms with Crippen LogP contribution in [0.3, 0.4) is 0 Å². The summed E-state index contributed by atoms with van der Waals surface area (Å²) in [5.41, 5.74) is 2.25. The minimum atomic E-state index is -2.68. The van der Waals surface area contributed by atoms with Crippen LogP contribution in [0.15, 0.2) is 48.2 Å². The highest BCUT2D eigenvalue weighted by molar-refractivity contribution is 7.74. The molecule has 0 saturated heterocycles. The smallest absolute Gasteiger partial charge is 0.231 e. The zero-order valence-electron chi connectivity index (χ0n) is 13.0. The number of allylic oxidation sites excluding steroid dienone is 1. The van der Waals surface area contributed by atoms with E-state index in [1.165, 1.54) is 18.2 Å². The number of ether oxygens (including phenoxy) is 1. The van der Waals surface area contributed by atoms with E-state index in [2.05, 4.69) is 4.18 Å². The van der Waals surface area contributed by atoms with Crippen LogP contribution in [0.25, 0.3) is 6.08 Å². The number of benzene rings is 2. The molecule has 1 atom stereocenters. The van der Waals surface area contributed by atoms with Gasteiger partial charge in [0, 0.05) is 25.8 Å². The molecule has 0 spiro atoms. The van der Waals surface area contributed by atoms with E-state index < -0.39 is 11.4 Å². The number of rotatable bonds is 4. The summed E-state index contributed by atoms with van der Waals surface area (Å²) in [6.07, 6.45) is 1.65. The SMILES string of the molecule is CN(C)c1ccc(/C=C2\Oc3cc(OS(=O)[O-])ccc3C2=O)cc1. The Balaban J connectivity index is 1.85. The summed E-state index contributed by atoms with van der Waals surface area (Å²) in [5, 5.41) is 0. The normalized spacial score (nSPS) is 15.8. The Labute approximate surface area is 141 Å². The van der Waals surface area contributed by atoms with Gasteiger partial charge in [-0.1, -0.05) is 12.1 Å². The molecule has 0 N–H and O–H groups in total. The van der Waals surface area contributed by atoms with Gasteiger partial charge in [0.2, 0.25) is 5.78 Å². The van der Waals surface area contributed by atoms with Gasteiger partial charge in [0.15, 0.2) is 5.76 Å². The molecule has 124 valence electrons. The summed E-state index contributed by atoms with van der Waals surface area (Å²) >= 11 is -2.68. The topological polar surface area (TPSA) is 78.9 Å². The Morgan fingerprint density at radius 3 is 2.50 bits per heavy atom. The first kappa shape index (κ1) is 16.2. The first-order valence-corrected chi connectivity index (χ1v) is 8.07. The van der Waals surface area contributed by atoms with Crippen LogP contribution in [0.1, 0.15) is 15.9 Å². The van der Waals surface area contributed by atoms with Gasteiger partial charge in [-0.3, -0.25) is 4.79 Å². The summed E-state index contributed by atoms with van der Waals surface area (Å²) in [6, 6.07) is 11.9.